The van der Waals surface area contributed by atoms with Crippen molar-refractivity contribution in [2.75, 3.05) is 6.54 Å². The summed E-state index contributed by atoms with van der Waals surface area (Å²) in [5.74, 6) is 0.629. The number of aromatic nitrogens is 3. The third-order valence-corrected chi connectivity index (χ3v) is 4.85. The van der Waals surface area contributed by atoms with Crippen molar-refractivity contribution in [3.63, 3.8) is 0 Å². The summed E-state index contributed by atoms with van der Waals surface area (Å²) in [6.07, 6.45) is 4.98. The molecule has 0 spiro atoms. The van der Waals surface area contributed by atoms with Gasteiger partial charge in [-0.05, 0) is 19.8 Å². The van der Waals surface area contributed by atoms with Gasteiger partial charge in [0.15, 0.2) is 0 Å². The molecule has 3 rings (SSSR count). The fraction of sp³-hybridized carbons (Fsp3) is 0.533. The Hall–Kier alpha value is -1.93. The number of aliphatic hydroxyl groups is 1. The number of nitrogens with one attached hydrogen (secondary N) is 2. The second-order valence-electron chi connectivity index (χ2n) is 5.92. The topological polar surface area (TPSA) is 92.1 Å². The van der Waals surface area contributed by atoms with Gasteiger partial charge in [0, 0.05) is 36.7 Å². The lowest BCUT2D eigenvalue weighted by Gasteiger charge is -2.14. The van der Waals surface area contributed by atoms with E-state index in [4.69, 9.17) is 0 Å². The van der Waals surface area contributed by atoms with Crippen LogP contribution in [-0.2, 0) is 7.05 Å². The maximum absolute atomic E-state index is 11.9. The summed E-state index contributed by atoms with van der Waals surface area (Å²) >= 11 is 1.66. The molecule has 124 valence electrons. The van der Waals surface area contributed by atoms with E-state index in [9.17, 15) is 9.90 Å². The van der Waals surface area contributed by atoms with Crippen LogP contribution in [0.5, 0.6) is 0 Å². The predicted molar refractivity (Wildman–Crippen MR) is 87.2 cm³/mol. The number of thiazole rings is 1. The van der Waals surface area contributed by atoms with Crippen LogP contribution in [0.3, 0.4) is 0 Å². The maximum atomic E-state index is 11.9. The highest BCUT2D eigenvalue weighted by atomic mass is 32.1. The van der Waals surface area contributed by atoms with Crippen LogP contribution in [-0.4, -0.2) is 32.4 Å². The van der Waals surface area contributed by atoms with E-state index < -0.39 is 6.10 Å². The highest BCUT2D eigenvalue weighted by molar-refractivity contribution is 7.09. The van der Waals surface area contributed by atoms with Crippen molar-refractivity contribution in [3.8, 4) is 0 Å². The fourth-order valence-electron chi connectivity index (χ4n) is 2.26. The van der Waals surface area contributed by atoms with E-state index in [-0.39, 0.29) is 18.6 Å². The van der Waals surface area contributed by atoms with Gasteiger partial charge in [-0.2, -0.15) is 5.10 Å². The van der Waals surface area contributed by atoms with Crippen LogP contribution < -0.4 is 10.6 Å². The molecule has 1 aliphatic rings. The molecule has 0 saturated heterocycles. The van der Waals surface area contributed by atoms with Crippen LogP contribution in [0.4, 0.5) is 4.79 Å². The van der Waals surface area contributed by atoms with Gasteiger partial charge in [-0.1, -0.05) is 0 Å². The number of hydrogen-bond donors (Lipinski definition) is 3. The van der Waals surface area contributed by atoms with Gasteiger partial charge in [0.25, 0.3) is 0 Å². The zero-order valence-electron chi connectivity index (χ0n) is 13.2. The summed E-state index contributed by atoms with van der Waals surface area (Å²) < 4.78 is 1.61. The van der Waals surface area contributed by atoms with Gasteiger partial charge >= 0.3 is 6.03 Å². The van der Waals surface area contributed by atoms with E-state index >= 15 is 0 Å². The van der Waals surface area contributed by atoms with Gasteiger partial charge in [0.2, 0.25) is 0 Å². The average Bonchev–Trinajstić information content (AvgIpc) is 3.08. The minimum atomic E-state index is -0.773. The third kappa shape index (κ3) is 4.08. The molecule has 8 heteroatoms. The third-order valence-electron chi connectivity index (χ3n) is 3.82. The first kappa shape index (κ1) is 15.9. The number of carbonyl (C=O) groups excluding carboxylic acids is 1. The first-order valence-electron chi connectivity index (χ1n) is 7.69. The van der Waals surface area contributed by atoms with Crippen LogP contribution >= 0.6 is 11.3 Å². The zero-order valence-corrected chi connectivity index (χ0v) is 14.0. The van der Waals surface area contributed by atoms with Crippen LogP contribution in [0.15, 0.2) is 17.8 Å². The molecule has 2 amide bonds. The quantitative estimate of drug-likeness (QED) is 0.751. The Kier molecular flexibility index (Phi) is 4.63. The van der Waals surface area contributed by atoms with Crippen molar-refractivity contribution < 1.29 is 9.90 Å². The molecule has 0 radical (unpaired) electrons. The van der Waals surface area contributed by atoms with Crippen molar-refractivity contribution in [1.29, 1.82) is 0 Å². The van der Waals surface area contributed by atoms with Crippen molar-refractivity contribution >= 4 is 17.4 Å². The minimum Gasteiger partial charge on any atom is -0.386 e. The number of hydrogen-bond acceptors (Lipinski definition) is 5. The monoisotopic (exact) mass is 335 g/mol. The van der Waals surface area contributed by atoms with E-state index in [1.807, 2.05) is 12.3 Å². The molecular weight excluding hydrogens is 314 g/mol. The molecule has 2 heterocycles. The Labute approximate surface area is 138 Å². The van der Waals surface area contributed by atoms with Crippen LogP contribution in [0, 0.1) is 0 Å². The lowest BCUT2D eigenvalue weighted by Crippen LogP contribution is -2.39. The SMILES string of the molecule is C[C@H](NC(=O)NC[C@@H](O)c1cnn(C)c1)c1csc(C2CC2)n1. The van der Waals surface area contributed by atoms with E-state index in [1.165, 1.54) is 17.8 Å². The standard InChI is InChI=1S/C15H21N5O2S/c1-9(12-8-23-14(19-12)10-3-4-10)18-15(22)16-6-13(21)11-5-17-20(2)7-11/h5,7-10,13,21H,3-4,6H2,1-2H3,(H2,16,18,22)/t9-,13+/m0/s1. The Bertz CT molecular complexity index is 679. The fourth-order valence-corrected chi connectivity index (χ4v) is 3.34. The molecule has 1 aliphatic carbocycles. The van der Waals surface area contributed by atoms with E-state index in [2.05, 4.69) is 20.7 Å². The number of aliphatic hydroxyl groups excluding tert-OH is 1. The first-order valence-corrected chi connectivity index (χ1v) is 8.57. The van der Waals surface area contributed by atoms with E-state index in [1.54, 1.807) is 35.5 Å². The Morgan fingerprint density at radius 3 is 3.00 bits per heavy atom. The smallest absolute Gasteiger partial charge is 0.315 e. The molecule has 0 unspecified atom stereocenters. The summed E-state index contributed by atoms with van der Waals surface area (Å²) in [5.41, 5.74) is 1.56. The minimum absolute atomic E-state index is 0.134. The normalized spacial score (nSPS) is 16.8. The summed E-state index contributed by atoms with van der Waals surface area (Å²) in [6.45, 7) is 2.04. The predicted octanol–water partition coefficient (Wildman–Crippen LogP) is 1.85. The molecule has 2 aromatic heterocycles. The van der Waals surface area contributed by atoms with Gasteiger partial charge in [-0.25, -0.2) is 9.78 Å². The highest BCUT2D eigenvalue weighted by Crippen LogP contribution is 2.41. The summed E-state index contributed by atoms with van der Waals surface area (Å²) in [7, 11) is 1.78. The number of nitrogens with zero attached hydrogens (tertiary/aromatic N) is 3. The first-order chi connectivity index (χ1) is 11.0. The second-order valence-corrected chi connectivity index (χ2v) is 6.81. The van der Waals surface area contributed by atoms with Crippen molar-refractivity contribution in [2.45, 2.75) is 37.8 Å². The molecule has 0 aliphatic heterocycles. The van der Waals surface area contributed by atoms with Gasteiger partial charge < -0.3 is 15.7 Å². The molecular formula is C15H21N5O2S. The average molecular weight is 335 g/mol. The maximum Gasteiger partial charge on any atom is 0.315 e. The lowest BCUT2D eigenvalue weighted by molar-refractivity contribution is 0.172. The molecule has 1 fully saturated rings. The van der Waals surface area contributed by atoms with Crippen molar-refractivity contribution in [3.05, 3.63) is 34.0 Å². The van der Waals surface area contributed by atoms with Crippen LogP contribution in [0.2, 0.25) is 0 Å². The number of aryl methyl sites for hydroxylation is 1. The lowest BCUT2D eigenvalue weighted by atomic mass is 10.2. The van der Waals surface area contributed by atoms with Crippen molar-refractivity contribution in [2.24, 2.45) is 7.05 Å². The molecule has 3 N–H and O–H groups in total. The molecule has 2 atom stereocenters. The zero-order chi connectivity index (χ0) is 16.4. The largest absolute Gasteiger partial charge is 0.386 e. The number of urea groups is 1. The summed E-state index contributed by atoms with van der Waals surface area (Å²) in [5, 5.41) is 22.7. The number of amides is 2. The van der Waals surface area contributed by atoms with Crippen molar-refractivity contribution in [1.82, 2.24) is 25.4 Å². The van der Waals surface area contributed by atoms with E-state index in [0.717, 1.165) is 5.69 Å². The van der Waals surface area contributed by atoms with Gasteiger partial charge in [0.1, 0.15) is 0 Å². The Morgan fingerprint density at radius 1 is 1.57 bits per heavy atom. The number of rotatable bonds is 6. The molecule has 1 saturated carbocycles. The Morgan fingerprint density at radius 2 is 2.35 bits per heavy atom. The van der Waals surface area contributed by atoms with Gasteiger partial charge in [-0.15, -0.1) is 11.3 Å². The molecule has 0 aromatic carbocycles. The van der Waals surface area contributed by atoms with Gasteiger partial charge in [-0.3, -0.25) is 4.68 Å². The molecule has 0 bridgehead atoms. The van der Waals surface area contributed by atoms with Crippen LogP contribution in [0.25, 0.3) is 0 Å². The summed E-state index contributed by atoms with van der Waals surface area (Å²) in [6, 6.07) is -0.476. The second kappa shape index (κ2) is 6.67. The Balaban J connectivity index is 1.46. The highest BCUT2D eigenvalue weighted by Gasteiger charge is 2.27. The molecule has 7 nitrogen and oxygen atoms in total. The number of carbonyl (C=O) groups is 1. The van der Waals surface area contributed by atoms with E-state index in [0.29, 0.717) is 11.5 Å². The molecule has 2 aromatic rings. The summed E-state index contributed by atoms with van der Waals surface area (Å²) in [4.78, 5) is 16.5. The molecule has 23 heavy (non-hydrogen) atoms. The van der Waals surface area contributed by atoms with Crippen LogP contribution in [0.1, 0.15) is 54.1 Å². The van der Waals surface area contributed by atoms with Gasteiger partial charge in [0.05, 0.1) is 29.0 Å².